The van der Waals surface area contributed by atoms with E-state index in [1.165, 1.54) is 24.2 Å². The number of amides is 1. The minimum Gasteiger partial charge on any atom is -0.481 e. The normalized spacial score (nSPS) is 15.5. The molecule has 1 aliphatic rings. The van der Waals surface area contributed by atoms with Crippen LogP contribution in [0.5, 0.6) is 0 Å². The van der Waals surface area contributed by atoms with Gasteiger partial charge in [0.05, 0.1) is 23.7 Å². The number of hydrogen-bond donors (Lipinski definition) is 2. The van der Waals surface area contributed by atoms with E-state index in [2.05, 4.69) is 10.3 Å². The molecule has 1 heterocycles. The van der Waals surface area contributed by atoms with E-state index in [0.29, 0.717) is 28.1 Å². The molecule has 0 aliphatic heterocycles. The highest BCUT2D eigenvalue weighted by molar-refractivity contribution is 7.09. The molecule has 0 bridgehead atoms. The molecule has 3 rings (SSSR count). The summed E-state index contributed by atoms with van der Waals surface area (Å²) in [5.41, 5.74) is 1.45. The molecule has 0 unspecified atom stereocenters. The summed E-state index contributed by atoms with van der Waals surface area (Å²) in [6, 6.07) is 5.19. The fourth-order valence-electron chi connectivity index (χ4n) is 3.66. The topological polar surface area (TPSA) is 79.3 Å². The molecule has 0 radical (unpaired) electrons. The molecule has 1 aliphatic carbocycles. The molecule has 1 saturated carbocycles. The van der Waals surface area contributed by atoms with Crippen LogP contribution in [-0.2, 0) is 16.1 Å². The van der Waals surface area contributed by atoms with E-state index in [9.17, 15) is 9.59 Å². The summed E-state index contributed by atoms with van der Waals surface area (Å²) < 4.78 is 0. The number of carbonyl (C=O) groups is 2. The van der Waals surface area contributed by atoms with Crippen LogP contribution < -0.4 is 5.32 Å². The fraction of sp³-hybridized carbons (Fsp3) is 0.450. The maximum Gasteiger partial charge on any atom is 0.304 e. The first-order valence-electron chi connectivity index (χ1n) is 9.31. The van der Waals surface area contributed by atoms with Crippen molar-refractivity contribution in [3.05, 3.63) is 38.6 Å². The van der Waals surface area contributed by atoms with Crippen molar-refractivity contribution in [3.8, 4) is 11.3 Å². The van der Waals surface area contributed by atoms with Crippen molar-refractivity contribution in [1.82, 2.24) is 10.3 Å². The largest absolute Gasteiger partial charge is 0.481 e. The number of carbonyl (C=O) groups excluding carboxylic acids is 1. The van der Waals surface area contributed by atoms with Gasteiger partial charge in [0, 0.05) is 21.9 Å². The van der Waals surface area contributed by atoms with Crippen LogP contribution in [0, 0.1) is 11.8 Å². The molecule has 2 aromatic rings. The molecule has 8 heteroatoms. The molecular weight excluding hydrogens is 419 g/mol. The number of aliphatic carboxylic acids is 1. The summed E-state index contributed by atoms with van der Waals surface area (Å²) in [6.45, 7) is 0.266. The Kier molecular flexibility index (Phi) is 7.32. The summed E-state index contributed by atoms with van der Waals surface area (Å²) in [7, 11) is 0. The van der Waals surface area contributed by atoms with E-state index in [0.717, 1.165) is 23.4 Å². The third-order valence-electron chi connectivity index (χ3n) is 5.05. The lowest BCUT2D eigenvalue weighted by molar-refractivity contribution is -0.141. The highest BCUT2D eigenvalue weighted by Crippen LogP contribution is 2.32. The molecule has 1 atom stereocenters. The van der Waals surface area contributed by atoms with Gasteiger partial charge in [-0.3, -0.25) is 9.59 Å². The number of benzene rings is 1. The zero-order valence-electron chi connectivity index (χ0n) is 15.3. The van der Waals surface area contributed by atoms with E-state index >= 15 is 0 Å². The quantitative estimate of drug-likeness (QED) is 0.575. The number of nitrogens with zero attached hydrogens (tertiary/aromatic N) is 1. The fourth-order valence-corrected chi connectivity index (χ4v) is 4.78. The monoisotopic (exact) mass is 440 g/mol. The van der Waals surface area contributed by atoms with Gasteiger partial charge in [0.25, 0.3) is 0 Å². The highest BCUT2D eigenvalue weighted by Gasteiger charge is 2.27. The molecule has 1 fully saturated rings. The Bertz CT molecular complexity index is 850. The van der Waals surface area contributed by atoms with Crippen LogP contribution in [0.1, 0.15) is 43.5 Å². The van der Waals surface area contributed by atoms with Gasteiger partial charge in [0.15, 0.2) is 0 Å². The Balaban J connectivity index is 1.61. The highest BCUT2D eigenvalue weighted by atomic mass is 35.5. The first-order chi connectivity index (χ1) is 13.4. The molecule has 28 heavy (non-hydrogen) atoms. The van der Waals surface area contributed by atoms with Crippen LogP contribution >= 0.6 is 34.5 Å². The Hall–Kier alpha value is -1.63. The Morgan fingerprint density at radius 1 is 1.29 bits per heavy atom. The van der Waals surface area contributed by atoms with E-state index in [-0.39, 0.29) is 18.9 Å². The van der Waals surface area contributed by atoms with Crippen LogP contribution in [-0.4, -0.2) is 22.0 Å². The second-order valence-electron chi connectivity index (χ2n) is 7.15. The van der Waals surface area contributed by atoms with Gasteiger partial charge in [-0.15, -0.1) is 11.3 Å². The number of halogens is 2. The number of rotatable bonds is 8. The van der Waals surface area contributed by atoms with Crippen LogP contribution in [0.3, 0.4) is 0 Å². The predicted octanol–water partition coefficient (Wildman–Crippen LogP) is 5.40. The van der Waals surface area contributed by atoms with E-state index in [1.807, 2.05) is 5.38 Å². The first kappa shape index (κ1) is 21.1. The molecule has 1 aromatic heterocycles. The van der Waals surface area contributed by atoms with Gasteiger partial charge >= 0.3 is 5.97 Å². The molecule has 1 amide bonds. The van der Waals surface area contributed by atoms with Crippen LogP contribution in [0.2, 0.25) is 10.0 Å². The SMILES string of the molecule is O=C(O)C[C@@H](CC1CCCC1)C(=O)NCc1nc(-c2cc(Cl)ccc2Cl)cs1. The Labute approximate surface area is 178 Å². The van der Waals surface area contributed by atoms with E-state index in [4.69, 9.17) is 28.3 Å². The number of thiazole rings is 1. The van der Waals surface area contributed by atoms with Crippen LogP contribution in [0.4, 0.5) is 0 Å². The second kappa shape index (κ2) is 9.72. The summed E-state index contributed by atoms with van der Waals surface area (Å²) in [5.74, 6) is -1.20. The number of nitrogens with one attached hydrogen (secondary N) is 1. The predicted molar refractivity (Wildman–Crippen MR) is 112 cm³/mol. The van der Waals surface area contributed by atoms with Gasteiger partial charge in [0.2, 0.25) is 5.91 Å². The molecule has 5 nitrogen and oxygen atoms in total. The number of aromatic nitrogens is 1. The van der Waals surface area contributed by atoms with E-state index in [1.54, 1.807) is 18.2 Å². The van der Waals surface area contributed by atoms with Gasteiger partial charge < -0.3 is 10.4 Å². The lowest BCUT2D eigenvalue weighted by atomic mass is 9.90. The molecule has 150 valence electrons. The van der Waals surface area contributed by atoms with Gasteiger partial charge in [-0.1, -0.05) is 48.9 Å². The van der Waals surface area contributed by atoms with Gasteiger partial charge in [0.1, 0.15) is 5.01 Å². The Morgan fingerprint density at radius 2 is 2.04 bits per heavy atom. The minimum absolute atomic E-state index is 0.135. The first-order valence-corrected chi connectivity index (χ1v) is 10.9. The van der Waals surface area contributed by atoms with Crippen LogP contribution in [0.15, 0.2) is 23.6 Å². The zero-order valence-corrected chi connectivity index (χ0v) is 17.6. The molecular formula is C20H22Cl2N2O3S. The van der Waals surface area contributed by atoms with Gasteiger partial charge in [-0.25, -0.2) is 4.98 Å². The maximum atomic E-state index is 12.6. The third kappa shape index (κ3) is 5.69. The van der Waals surface area contributed by atoms with Crippen molar-refractivity contribution >= 4 is 46.4 Å². The Morgan fingerprint density at radius 3 is 2.75 bits per heavy atom. The zero-order chi connectivity index (χ0) is 20.1. The average Bonchev–Trinajstić information content (AvgIpc) is 3.32. The van der Waals surface area contributed by atoms with Crippen molar-refractivity contribution in [3.63, 3.8) is 0 Å². The second-order valence-corrected chi connectivity index (χ2v) is 8.94. The molecule has 2 N–H and O–H groups in total. The summed E-state index contributed by atoms with van der Waals surface area (Å²) in [4.78, 5) is 28.3. The smallest absolute Gasteiger partial charge is 0.304 e. The third-order valence-corrected chi connectivity index (χ3v) is 6.47. The lowest BCUT2D eigenvalue weighted by Gasteiger charge is -2.18. The number of carboxylic acid groups (broad SMARTS) is 1. The van der Waals surface area contributed by atoms with Crippen molar-refractivity contribution in [1.29, 1.82) is 0 Å². The number of hydrogen-bond acceptors (Lipinski definition) is 4. The van der Waals surface area contributed by atoms with Gasteiger partial charge in [-0.05, 0) is 30.5 Å². The van der Waals surface area contributed by atoms with Crippen molar-refractivity contribution in [2.24, 2.45) is 11.8 Å². The summed E-state index contributed by atoms with van der Waals surface area (Å²) in [5, 5.41) is 15.7. The van der Waals surface area contributed by atoms with Gasteiger partial charge in [-0.2, -0.15) is 0 Å². The standard InChI is InChI=1S/C20H22Cl2N2O3S/c21-14-5-6-16(22)15(9-14)17-11-28-18(24-17)10-23-20(27)13(8-19(25)26)7-12-3-1-2-4-12/h5-6,9,11-13H,1-4,7-8,10H2,(H,23,27)(H,25,26)/t13-/m1/s1. The van der Waals surface area contributed by atoms with Crippen molar-refractivity contribution in [2.45, 2.75) is 45.1 Å². The number of carboxylic acids is 1. The maximum absolute atomic E-state index is 12.6. The molecule has 0 saturated heterocycles. The summed E-state index contributed by atoms with van der Waals surface area (Å²) >= 11 is 13.7. The molecule has 1 aromatic carbocycles. The molecule has 0 spiro atoms. The van der Waals surface area contributed by atoms with Crippen LogP contribution in [0.25, 0.3) is 11.3 Å². The van der Waals surface area contributed by atoms with Crippen molar-refractivity contribution in [2.75, 3.05) is 0 Å². The summed E-state index contributed by atoms with van der Waals surface area (Å²) in [6.07, 6.45) is 5.00. The van der Waals surface area contributed by atoms with E-state index < -0.39 is 11.9 Å². The van der Waals surface area contributed by atoms with Crippen molar-refractivity contribution < 1.29 is 14.7 Å². The average molecular weight is 441 g/mol. The minimum atomic E-state index is -0.940. The lowest BCUT2D eigenvalue weighted by Crippen LogP contribution is -2.32.